The lowest BCUT2D eigenvalue weighted by Crippen LogP contribution is -2.20. The van der Waals surface area contributed by atoms with Crippen LogP contribution in [0.1, 0.15) is 6.92 Å². The first-order valence-electron chi connectivity index (χ1n) is 4.01. The van der Waals surface area contributed by atoms with Gasteiger partial charge in [0, 0.05) is 4.47 Å². The number of carbonyl (C=O) groups excluding carboxylic acids is 1. The van der Waals surface area contributed by atoms with Crippen LogP contribution in [0.25, 0.3) is 0 Å². The molecular formula is C9H7Br2Cl2NO. The largest absolute Gasteiger partial charge is 0.323 e. The van der Waals surface area contributed by atoms with E-state index >= 15 is 0 Å². The molecule has 0 aliphatic carbocycles. The molecule has 0 radical (unpaired) electrons. The molecule has 0 saturated carbocycles. The second kappa shape index (κ2) is 5.53. The Bertz CT molecular complexity index is 373. The molecule has 6 heteroatoms. The van der Waals surface area contributed by atoms with E-state index in [1.165, 1.54) is 0 Å². The number of amides is 1. The summed E-state index contributed by atoms with van der Waals surface area (Å²) in [6.07, 6.45) is 0. The van der Waals surface area contributed by atoms with Crippen LogP contribution in [0.3, 0.4) is 0 Å². The molecule has 0 spiro atoms. The molecule has 1 rings (SSSR count). The molecule has 0 heterocycles. The monoisotopic (exact) mass is 373 g/mol. The Kier molecular flexibility index (Phi) is 4.90. The lowest BCUT2D eigenvalue weighted by Gasteiger charge is -2.10. The van der Waals surface area contributed by atoms with E-state index in [2.05, 4.69) is 37.2 Å². The van der Waals surface area contributed by atoms with E-state index in [4.69, 9.17) is 23.2 Å². The van der Waals surface area contributed by atoms with E-state index in [1.807, 2.05) is 0 Å². The normalized spacial score (nSPS) is 12.3. The average molecular weight is 376 g/mol. The predicted octanol–water partition coefficient (Wildman–Crippen LogP) is 4.48. The average Bonchev–Trinajstić information content (AvgIpc) is 2.10. The van der Waals surface area contributed by atoms with Gasteiger partial charge in [-0.1, -0.05) is 55.1 Å². The van der Waals surface area contributed by atoms with Gasteiger partial charge < -0.3 is 5.32 Å². The number of hydrogen-bond donors (Lipinski definition) is 1. The van der Waals surface area contributed by atoms with Gasteiger partial charge in [0.05, 0.1) is 20.6 Å². The fourth-order valence-corrected chi connectivity index (χ4v) is 2.30. The molecule has 2 nitrogen and oxygen atoms in total. The molecule has 0 aliphatic heterocycles. The van der Waals surface area contributed by atoms with Crippen LogP contribution < -0.4 is 5.32 Å². The topological polar surface area (TPSA) is 29.1 Å². The number of nitrogens with one attached hydrogen (secondary N) is 1. The van der Waals surface area contributed by atoms with Crippen molar-refractivity contribution < 1.29 is 4.79 Å². The van der Waals surface area contributed by atoms with Crippen molar-refractivity contribution in [2.45, 2.75) is 11.8 Å². The fraction of sp³-hybridized carbons (Fsp3) is 0.222. The molecule has 1 atom stereocenters. The first kappa shape index (κ1) is 13.3. The highest BCUT2D eigenvalue weighted by Gasteiger charge is 2.14. The van der Waals surface area contributed by atoms with Crippen LogP contribution in [0.2, 0.25) is 10.0 Å². The van der Waals surface area contributed by atoms with Crippen molar-refractivity contribution in [2.24, 2.45) is 0 Å². The fourth-order valence-electron chi connectivity index (χ4n) is 0.884. The van der Waals surface area contributed by atoms with Crippen molar-refractivity contribution in [3.05, 3.63) is 26.7 Å². The van der Waals surface area contributed by atoms with Crippen molar-refractivity contribution in [1.82, 2.24) is 0 Å². The standard InChI is InChI=1S/C9H7Br2Cl2NO/c1-4(10)9(15)14-8-6(12)2-5(11)3-7(8)13/h2-4H,1H3,(H,14,15). The van der Waals surface area contributed by atoms with E-state index in [1.54, 1.807) is 19.1 Å². The van der Waals surface area contributed by atoms with Crippen molar-refractivity contribution in [2.75, 3.05) is 5.32 Å². The van der Waals surface area contributed by atoms with Crippen LogP contribution in [0, 0.1) is 0 Å². The van der Waals surface area contributed by atoms with Crippen LogP contribution in [-0.4, -0.2) is 10.7 Å². The molecule has 15 heavy (non-hydrogen) atoms. The first-order valence-corrected chi connectivity index (χ1v) is 6.47. The maximum absolute atomic E-state index is 11.4. The van der Waals surface area contributed by atoms with Gasteiger partial charge in [0.2, 0.25) is 5.91 Å². The summed E-state index contributed by atoms with van der Waals surface area (Å²) < 4.78 is 0.766. The molecule has 82 valence electrons. The van der Waals surface area contributed by atoms with Crippen molar-refractivity contribution in [1.29, 1.82) is 0 Å². The Morgan fingerprint density at radius 1 is 1.40 bits per heavy atom. The van der Waals surface area contributed by atoms with Crippen LogP contribution in [-0.2, 0) is 4.79 Å². The molecule has 0 aliphatic rings. The van der Waals surface area contributed by atoms with Crippen molar-refractivity contribution in [3.63, 3.8) is 0 Å². The molecule has 0 aromatic heterocycles. The van der Waals surface area contributed by atoms with Gasteiger partial charge in [-0.3, -0.25) is 4.79 Å². The number of rotatable bonds is 2. The summed E-state index contributed by atoms with van der Waals surface area (Å²) >= 11 is 18.3. The predicted molar refractivity (Wildman–Crippen MR) is 71.2 cm³/mol. The Hall–Kier alpha value is 0.230. The molecule has 1 N–H and O–H groups in total. The summed E-state index contributed by atoms with van der Waals surface area (Å²) in [5.41, 5.74) is 0.429. The van der Waals surface area contributed by atoms with Crippen LogP contribution in [0.15, 0.2) is 16.6 Å². The zero-order chi connectivity index (χ0) is 11.6. The maximum Gasteiger partial charge on any atom is 0.237 e. The molecule has 1 unspecified atom stereocenters. The highest BCUT2D eigenvalue weighted by atomic mass is 79.9. The highest BCUT2D eigenvalue weighted by Crippen LogP contribution is 2.33. The van der Waals surface area contributed by atoms with Gasteiger partial charge in [-0.2, -0.15) is 0 Å². The zero-order valence-corrected chi connectivity index (χ0v) is 12.3. The van der Waals surface area contributed by atoms with Crippen LogP contribution >= 0.6 is 55.1 Å². The maximum atomic E-state index is 11.4. The minimum Gasteiger partial charge on any atom is -0.323 e. The van der Waals surface area contributed by atoms with Crippen LogP contribution in [0.5, 0.6) is 0 Å². The quantitative estimate of drug-likeness (QED) is 0.759. The van der Waals surface area contributed by atoms with E-state index in [9.17, 15) is 4.79 Å². The summed E-state index contributed by atoms with van der Waals surface area (Å²) in [5.74, 6) is -0.193. The number of anilines is 1. The van der Waals surface area contributed by atoms with Gasteiger partial charge >= 0.3 is 0 Å². The summed E-state index contributed by atoms with van der Waals surface area (Å²) in [6, 6.07) is 3.34. The third kappa shape index (κ3) is 3.63. The van der Waals surface area contributed by atoms with Gasteiger partial charge in [0.15, 0.2) is 0 Å². The molecular weight excluding hydrogens is 369 g/mol. The summed E-state index contributed by atoms with van der Waals surface area (Å²) in [4.78, 5) is 11.1. The molecule has 1 aromatic rings. The number of alkyl halides is 1. The minimum absolute atomic E-state index is 0.193. The smallest absolute Gasteiger partial charge is 0.237 e. The van der Waals surface area contributed by atoms with Crippen LogP contribution in [0.4, 0.5) is 5.69 Å². The minimum atomic E-state index is -0.298. The Morgan fingerprint density at radius 3 is 2.27 bits per heavy atom. The van der Waals surface area contributed by atoms with E-state index < -0.39 is 0 Å². The van der Waals surface area contributed by atoms with Gasteiger partial charge in [-0.25, -0.2) is 0 Å². The SMILES string of the molecule is CC(Br)C(=O)Nc1c(Cl)cc(Br)cc1Cl. The highest BCUT2D eigenvalue weighted by molar-refractivity contribution is 9.10. The molecule has 1 amide bonds. The molecule has 0 fully saturated rings. The van der Waals surface area contributed by atoms with Crippen molar-refractivity contribution >= 4 is 66.7 Å². The third-order valence-corrected chi connectivity index (χ3v) is 3.09. The lowest BCUT2D eigenvalue weighted by atomic mass is 10.3. The summed E-state index contributed by atoms with van der Waals surface area (Å²) in [7, 11) is 0. The zero-order valence-electron chi connectivity index (χ0n) is 7.65. The van der Waals surface area contributed by atoms with Gasteiger partial charge in [-0.05, 0) is 19.1 Å². The summed E-state index contributed by atoms with van der Waals surface area (Å²) in [6.45, 7) is 1.72. The molecule has 1 aromatic carbocycles. The second-order valence-electron chi connectivity index (χ2n) is 2.85. The van der Waals surface area contributed by atoms with E-state index in [-0.39, 0.29) is 10.7 Å². The molecule has 0 saturated heterocycles. The van der Waals surface area contributed by atoms with Gasteiger partial charge in [0.1, 0.15) is 0 Å². The summed E-state index contributed by atoms with van der Waals surface area (Å²) in [5, 5.41) is 3.43. The van der Waals surface area contributed by atoms with Gasteiger partial charge in [-0.15, -0.1) is 0 Å². The molecule has 0 bridgehead atoms. The van der Waals surface area contributed by atoms with Crippen molar-refractivity contribution in [3.8, 4) is 0 Å². The first-order chi connectivity index (χ1) is 6.91. The number of benzene rings is 1. The van der Waals surface area contributed by atoms with Gasteiger partial charge in [0.25, 0.3) is 0 Å². The van der Waals surface area contributed by atoms with E-state index in [0.717, 1.165) is 4.47 Å². The second-order valence-corrected chi connectivity index (χ2v) is 5.95. The Balaban J connectivity index is 3.00. The third-order valence-electron chi connectivity index (χ3n) is 1.62. The van der Waals surface area contributed by atoms with E-state index in [0.29, 0.717) is 15.7 Å². The lowest BCUT2D eigenvalue weighted by molar-refractivity contribution is -0.115. The number of halogens is 4. The Morgan fingerprint density at radius 2 is 1.87 bits per heavy atom. The number of carbonyl (C=O) groups is 1. The Labute approximate surface area is 115 Å². The number of hydrogen-bond acceptors (Lipinski definition) is 1.